The summed E-state index contributed by atoms with van der Waals surface area (Å²) in [6, 6.07) is 13.4. The lowest BCUT2D eigenvalue weighted by Gasteiger charge is -2.14. The van der Waals surface area contributed by atoms with E-state index in [0.29, 0.717) is 10.9 Å². The van der Waals surface area contributed by atoms with Gasteiger partial charge in [-0.1, -0.05) is 36.4 Å². The Bertz CT molecular complexity index is 1030. The van der Waals surface area contributed by atoms with Crippen LogP contribution in [-0.4, -0.2) is 22.4 Å². The van der Waals surface area contributed by atoms with Crippen molar-refractivity contribution in [3.63, 3.8) is 0 Å². The predicted octanol–water partition coefficient (Wildman–Crippen LogP) is 1.95. The van der Waals surface area contributed by atoms with Crippen LogP contribution in [0.5, 0.6) is 0 Å². The molecule has 0 aliphatic carbocycles. The number of benzene rings is 2. The summed E-state index contributed by atoms with van der Waals surface area (Å²) >= 11 is 0. The number of aromatic nitrogens is 2. The predicted molar refractivity (Wildman–Crippen MR) is 93.4 cm³/mol. The number of nitrogens with zero attached hydrogens (tertiary/aromatic N) is 3. The van der Waals surface area contributed by atoms with Gasteiger partial charge in [0.2, 0.25) is 0 Å². The molecule has 1 heterocycles. The smallest absolute Gasteiger partial charge is 0.296 e. The largest absolute Gasteiger partial charge is 0.330 e. The lowest BCUT2D eigenvalue weighted by Crippen LogP contribution is -2.37. The number of hydrogen-bond donors (Lipinski definition) is 0. The topological polar surface area (TPSA) is 56.4 Å². The van der Waals surface area contributed by atoms with E-state index in [2.05, 4.69) is 4.99 Å². The Hall–Kier alpha value is -2.95. The zero-order chi connectivity index (χ0) is 16.6. The average molecular weight is 307 g/mol. The van der Waals surface area contributed by atoms with Gasteiger partial charge in [0.1, 0.15) is 0 Å². The van der Waals surface area contributed by atoms with Crippen LogP contribution in [-0.2, 0) is 14.1 Å². The summed E-state index contributed by atoms with van der Waals surface area (Å²) in [7, 11) is 4.86. The molecule has 0 amide bonds. The molecular formula is C18H17N3O2. The second-order valence-electron chi connectivity index (χ2n) is 5.38. The summed E-state index contributed by atoms with van der Waals surface area (Å²) < 4.78 is 2.64. The minimum atomic E-state index is -0.335. The van der Waals surface area contributed by atoms with Gasteiger partial charge in [-0.2, -0.15) is 0 Å². The first-order valence-electron chi connectivity index (χ1n) is 7.26. The van der Waals surface area contributed by atoms with Gasteiger partial charge in [-0.05, 0) is 11.6 Å². The van der Waals surface area contributed by atoms with E-state index in [-0.39, 0.29) is 11.2 Å². The SMILES string of the molecule is CN=Cc1ccc2c(c1-c1ccccc1)c(=O)n(C)c(=O)n2C. The van der Waals surface area contributed by atoms with E-state index in [1.165, 1.54) is 11.6 Å². The first kappa shape index (κ1) is 15.0. The van der Waals surface area contributed by atoms with Crippen molar-refractivity contribution in [1.82, 2.24) is 9.13 Å². The van der Waals surface area contributed by atoms with Crippen molar-refractivity contribution < 1.29 is 0 Å². The standard InChI is InChI=1S/C18H17N3O2/c1-19-11-13-9-10-14-16(15(13)12-7-5-4-6-8-12)17(22)21(3)18(23)20(14)2/h4-11H,1-3H3. The van der Waals surface area contributed by atoms with Gasteiger partial charge < -0.3 is 0 Å². The molecule has 0 spiro atoms. The Morgan fingerprint density at radius 3 is 2.30 bits per heavy atom. The van der Waals surface area contributed by atoms with Crippen LogP contribution in [0, 0.1) is 0 Å². The minimum absolute atomic E-state index is 0.298. The Balaban J connectivity index is 2.60. The van der Waals surface area contributed by atoms with E-state index in [1.54, 1.807) is 26.4 Å². The van der Waals surface area contributed by atoms with Gasteiger partial charge in [0.05, 0.1) is 10.9 Å². The first-order valence-corrected chi connectivity index (χ1v) is 7.26. The van der Waals surface area contributed by atoms with Crippen LogP contribution < -0.4 is 11.2 Å². The van der Waals surface area contributed by atoms with Crippen molar-refractivity contribution in [2.75, 3.05) is 7.05 Å². The Labute approximate surface area is 133 Å². The number of aliphatic imine (C=N–C) groups is 1. The third-order valence-electron chi connectivity index (χ3n) is 4.00. The van der Waals surface area contributed by atoms with Crippen LogP contribution in [0.3, 0.4) is 0 Å². The lowest BCUT2D eigenvalue weighted by molar-refractivity contribution is 0.714. The molecule has 0 aliphatic heterocycles. The zero-order valence-corrected chi connectivity index (χ0v) is 13.3. The molecule has 2 aromatic carbocycles. The van der Waals surface area contributed by atoms with Crippen LogP contribution in [0.15, 0.2) is 57.0 Å². The summed E-state index contributed by atoms with van der Waals surface area (Å²) in [5.74, 6) is 0. The van der Waals surface area contributed by atoms with Gasteiger partial charge in [0.25, 0.3) is 5.56 Å². The molecule has 0 saturated heterocycles. The highest BCUT2D eigenvalue weighted by molar-refractivity contribution is 6.03. The maximum atomic E-state index is 12.8. The zero-order valence-electron chi connectivity index (χ0n) is 13.3. The molecule has 3 rings (SSSR count). The highest BCUT2D eigenvalue weighted by Crippen LogP contribution is 2.28. The summed E-state index contributed by atoms with van der Waals surface area (Å²) in [4.78, 5) is 29.0. The second-order valence-corrected chi connectivity index (χ2v) is 5.38. The summed E-state index contributed by atoms with van der Waals surface area (Å²) in [5, 5.41) is 0.526. The second kappa shape index (κ2) is 5.68. The fraction of sp³-hybridized carbons (Fsp3) is 0.167. The molecule has 3 aromatic rings. The highest BCUT2D eigenvalue weighted by atomic mass is 16.2. The third kappa shape index (κ3) is 2.30. The maximum absolute atomic E-state index is 12.8. The molecule has 1 aromatic heterocycles. The van der Waals surface area contributed by atoms with E-state index in [0.717, 1.165) is 21.3 Å². The van der Waals surface area contributed by atoms with Crippen molar-refractivity contribution in [3.8, 4) is 11.1 Å². The maximum Gasteiger partial charge on any atom is 0.330 e. The molecule has 0 saturated carbocycles. The lowest BCUT2D eigenvalue weighted by atomic mass is 9.96. The Morgan fingerprint density at radius 2 is 1.65 bits per heavy atom. The van der Waals surface area contributed by atoms with E-state index in [4.69, 9.17) is 0 Å². The number of aryl methyl sites for hydroxylation is 1. The molecule has 0 fully saturated rings. The first-order chi connectivity index (χ1) is 11.1. The molecule has 0 N–H and O–H groups in total. The number of rotatable bonds is 2. The quantitative estimate of drug-likeness (QED) is 0.680. The van der Waals surface area contributed by atoms with Crippen LogP contribution in [0.2, 0.25) is 0 Å². The molecule has 5 heteroatoms. The van der Waals surface area contributed by atoms with Gasteiger partial charge >= 0.3 is 5.69 Å². The Kier molecular flexibility index (Phi) is 3.70. The van der Waals surface area contributed by atoms with Crippen molar-refractivity contribution in [2.45, 2.75) is 0 Å². The molecule has 0 radical (unpaired) electrons. The number of hydrogen-bond acceptors (Lipinski definition) is 3. The van der Waals surface area contributed by atoms with E-state index in [9.17, 15) is 9.59 Å². The molecule has 0 bridgehead atoms. The van der Waals surface area contributed by atoms with E-state index in [1.807, 2.05) is 36.4 Å². The number of fused-ring (bicyclic) bond motifs is 1. The van der Waals surface area contributed by atoms with Crippen LogP contribution in [0.4, 0.5) is 0 Å². The monoisotopic (exact) mass is 307 g/mol. The van der Waals surface area contributed by atoms with Gasteiger partial charge in [0, 0.05) is 38.5 Å². The molecule has 0 aliphatic rings. The van der Waals surface area contributed by atoms with Crippen molar-refractivity contribution >= 4 is 17.1 Å². The molecule has 0 unspecified atom stereocenters. The van der Waals surface area contributed by atoms with Gasteiger partial charge in [-0.15, -0.1) is 0 Å². The molecule has 116 valence electrons. The van der Waals surface area contributed by atoms with Crippen LogP contribution >= 0.6 is 0 Å². The van der Waals surface area contributed by atoms with Crippen molar-refractivity contribution in [1.29, 1.82) is 0 Å². The van der Waals surface area contributed by atoms with E-state index < -0.39 is 0 Å². The summed E-state index contributed by atoms with van der Waals surface area (Å²) in [5.41, 5.74) is 2.55. The minimum Gasteiger partial charge on any atom is -0.296 e. The highest BCUT2D eigenvalue weighted by Gasteiger charge is 2.16. The molecule has 0 atom stereocenters. The third-order valence-corrected chi connectivity index (χ3v) is 4.00. The normalized spacial score (nSPS) is 11.4. The van der Waals surface area contributed by atoms with Gasteiger partial charge in [-0.25, -0.2) is 4.79 Å². The fourth-order valence-electron chi connectivity index (χ4n) is 2.85. The van der Waals surface area contributed by atoms with Crippen LogP contribution in [0.25, 0.3) is 22.0 Å². The van der Waals surface area contributed by atoms with Crippen molar-refractivity contribution in [2.24, 2.45) is 19.1 Å². The summed E-state index contributed by atoms with van der Waals surface area (Å²) in [6.07, 6.45) is 1.73. The average Bonchev–Trinajstić information content (AvgIpc) is 2.58. The van der Waals surface area contributed by atoms with Gasteiger partial charge in [-0.3, -0.25) is 18.9 Å². The van der Waals surface area contributed by atoms with Crippen molar-refractivity contribution in [3.05, 3.63) is 68.9 Å². The molecular weight excluding hydrogens is 290 g/mol. The van der Waals surface area contributed by atoms with Crippen LogP contribution in [0.1, 0.15) is 5.56 Å². The van der Waals surface area contributed by atoms with E-state index >= 15 is 0 Å². The fourth-order valence-corrected chi connectivity index (χ4v) is 2.85. The molecule has 23 heavy (non-hydrogen) atoms. The van der Waals surface area contributed by atoms with Gasteiger partial charge in [0.15, 0.2) is 0 Å². The summed E-state index contributed by atoms with van der Waals surface area (Å²) in [6.45, 7) is 0. The Morgan fingerprint density at radius 1 is 0.957 bits per heavy atom. The molecule has 5 nitrogen and oxygen atoms in total.